The summed E-state index contributed by atoms with van der Waals surface area (Å²) in [6, 6.07) is 13.1. The Labute approximate surface area is 119 Å². The zero-order valence-electron chi connectivity index (χ0n) is 11.3. The summed E-state index contributed by atoms with van der Waals surface area (Å²) < 4.78 is 0. The van der Waals surface area contributed by atoms with Crippen LogP contribution in [0.15, 0.2) is 41.8 Å². The summed E-state index contributed by atoms with van der Waals surface area (Å²) in [6.07, 6.45) is 1.23. The first kappa shape index (κ1) is 12.7. The molecule has 100 valence electrons. The lowest BCUT2D eigenvalue weighted by atomic mass is 9.90. The molecule has 1 aromatic heterocycles. The summed E-state index contributed by atoms with van der Waals surface area (Å²) in [7, 11) is 2.23. The highest BCUT2D eigenvalue weighted by Crippen LogP contribution is 2.31. The van der Waals surface area contributed by atoms with Crippen molar-refractivity contribution in [3.05, 3.63) is 52.2 Å². The highest BCUT2D eigenvalue weighted by Gasteiger charge is 2.20. The van der Waals surface area contributed by atoms with Gasteiger partial charge in [0.05, 0.1) is 0 Å². The van der Waals surface area contributed by atoms with E-state index in [9.17, 15) is 0 Å². The standard InChI is InChI=1S/C16H20N2S/c1-18(12-14-5-4-10-19-14)11-13-8-9-17-16-7-3-2-6-15(13)16/h2-7,10,13,17H,8-9,11-12H2,1H3. The maximum atomic E-state index is 3.49. The first-order valence-electron chi connectivity index (χ1n) is 6.86. The molecule has 1 aliphatic heterocycles. The van der Waals surface area contributed by atoms with Crippen LogP contribution in [-0.4, -0.2) is 25.0 Å². The molecule has 19 heavy (non-hydrogen) atoms. The third-order valence-corrected chi connectivity index (χ3v) is 4.61. The van der Waals surface area contributed by atoms with Crippen molar-refractivity contribution < 1.29 is 0 Å². The van der Waals surface area contributed by atoms with E-state index in [1.165, 1.54) is 22.5 Å². The van der Waals surface area contributed by atoms with E-state index in [2.05, 4.69) is 59.0 Å². The normalized spacial score (nSPS) is 18.1. The SMILES string of the molecule is CN(Cc1cccs1)CC1CCNc2ccccc21. The number of rotatable bonds is 4. The van der Waals surface area contributed by atoms with Gasteiger partial charge in [-0.15, -0.1) is 11.3 Å². The topological polar surface area (TPSA) is 15.3 Å². The second kappa shape index (κ2) is 5.76. The smallest absolute Gasteiger partial charge is 0.0376 e. The van der Waals surface area contributed by atoms with Gasteiger partial charge in [0.2, 0.25) is 0 Å². The number of benzene rings is 1. The van der Waals surface area contributed by atoms with Gasteiger partial charge in [-0.25, -0.2) is 0 Å². The molecule has 2 heterocycles. The fourth-order valence-electron chi connectivity index (χ4n) is 2.85. The molecule has 1 unspecified atom stereocenters. The van der Waals surface area contributed by atoms with Crippen molar-refractivity contribution in [2.45, 2.75) is 18.9 Å². The van der Waals surface area contributed by atoms with Crippen molar-refractivity contribution in [2.24, 2.45) is 0 Å². The lowest BCUT2D eigenvalue weighted by Crippen LogP contribution is -2.28. The maximum absolute atomic E-state index is 3.49. The molecular weight excluding hydrogens is 252 g/mol. The second-order valence-electron chi connectivity index (χ2n) is 5.28. The molecule has 3 rings (SSSR count). The Hall–Kier alpha value is -1.32. The third-order valence-electron chi connectivity index (χ3n) is 3.75. The number of para-hydroxylation sites is 1. The Morgan fingerprint density at radius 2 is 2.16 bits per heavy atom. The molecule has 0 spiro atoms. The first-order valence-corrected chi connectivity index (χ1v) is 7.74. The van der Waals surface area contributed by atoms with Crippen molar-refractivity contribution >= 4 is 17.0 Å². The van der Waals surface area contributed by atoms with Gasteiger partial charge in [0.25, 0.3) is 0 Å². The van der Waals surface area contributed by atoms with E-state index >= 15 is 0 Å². The number of likely N-dealkylation sites (N-methyl/N-ethyl adjacent to an activating group) is 1. The Morgan fingerprint density at radius 3 is 3.00 bits per heavy atom. The van der Waals surface area contributed by atoms with Gasteiger partial charge in [-0.2, -0.15) is 0 Å². The van der Waals surface area contributed by atoms with Crippen LogP contribution < -0.4 is 5.32 Å². The first-order chi connectivity index (χ1) is 9.33. The van der Waals surface area contributed by atoms with Crippen LogP contribution in [0.25, 0.3) is 0 Å². The lowest BCUT2D eigenvalue weighted by Gasteiger charge is -2.30. The number of anilines is 1. The summed E-state index contributed by atoms with van der Waals surface area (Å²) in [6.45, 7) is 3.29. The molecule has 0 bridgehead atoms. The Kier molecular flexibility index (Phi) is 3.85. The Bertz CT molecular complexity index is 521. The van der Waals surface area contributed by atoms with E-state index in [4.69, 9.17) is 0 Å². The largest absolute Gasteiger partial charge is 0.385 e. The predicted molar refractivity (Wildman–Crippen MR) is 82.9 cm³/mol. The third kappa shape index (κ3) is 2.99. The van der Waals surface area contributed by atoms with Crippen LogP contribution in [0.2, 0.25) is 0 Å². The van der Waals surface area contributed by atoms with Crippen LogP contribution in [0.5, 0.6) is 0 Å². The maximum Gasteiger partial charge on any atom is 0.0376 e. The van der Waals surface area contributed by atoms with Crippen LogP contribution in [0.1, 0.15) is 22.8 Å². The molecule has 0 fully saturated rings. The zero-order valence-corrected chi connectivity index (χ0v) is 12.1. The van der Waals surface area contributed by atoms with Gasteiger partial charge in [-0.3, -0.25) is 0 Å². The van der Waals surface area contributed by atoms with Crippen molar-refractivity contribution in [1.29, 1.82) is 0 Å². The minimum absolute atomic E-state index is 0.655. The molecule has 1 atom stereocenters. The molecule has 2 aromatic rings. The fourth-order valence-corrected chi connectivity index (χ4v) is 3.63. The summed E-state index contributed by atoms with van der Waals surface area (Å²) in [5, 5.41) is 5.65. The van der Waals surface area contributed by atoms with Crippen LogP contribution in [0, 0.1) is 0 Å². The Balaban J connectivity index is 1.67. The van der Waals surface area contributed by atoms with Gasteiger partial charge < -0.3 is 10.2 Å². The monoisotopic (exact) mass is 272 g/mol. The number of hydrogen-bond acceptors (Lipinski definition) is 3. The Morgan fingerprint density at radius 1 is 1.26 bits per heavy atom. The zero-order chi connectivity index (χ0) is 13.1. The highest BCUT2D eigenvalue weighted by atomic mass is 32.1. The molecule has 1 N–H and O–H groups in total. The summed E-state index contributed by atoms with van der Waals surface area (Å²) >= 11 is 1.84. The van der Waals surface area contributed by atoms with Crippen LogP contribution in [-0.2, 0) is 6.54 Å². The summed E-state index contributed by atoms with van der Waals surface area (Å²) in [4.78, 5) is 3.89. The quantitative estimate of drug-likeness (QED) is 0.911. The number of thiophene rings is 1. The molecule has 0 saturated heterocycles. The second-order valence-corrected chi connectivity index (χ2v) is 6.31. The van der Waals surface area contributed by atoms with Crippen LogP contribution in [0.3, 0.4) is 0 Å². The average Bonchev–Trinajstić information content (AvgIpc) is 2.92. The number of nitrogens with one attached hydrogen (secondary N) is 1. The molecule has 3 heteroatoms. The van der Waals surface area contributed by atoms with Crippen molar-refractivity contribution in [3.63, 3.8) is 0 Å². The van der Waals surface area contributed by atoms with E-state index < -0.39 is 0 Å². The van der Waals surface area contributed by atoms with Crippen molar-refractivity contribution in [2.75, 3.05) is 25.5 Å². The number of fused-ring (bicyclic) bond motifs is 1. The van der Waals surface area contributed by atoms with E-state index in [0.29, 0.717) is 5.92 Å². The van der Waals surface area contributed by atoms with Gasteiger partial charge in [0, 0.05) is 36.1 Å². The van der Waals surface area contributed by atoms with Crippen molar-refractivity contribution in [3.8, 4) is 0 Å². The minimum atomic E-state index is 0.655. The average molecular weight is 272 g/mol. The van der Waals surface area contributed by atoms with Crippen LogP contribution >= 0.6 is 11.3 Å². The number of hydrogen-bond donors (Lipinski definition) is 1. The van der Waals surface area contributed by atoms with Gasteiger partial charge in [-0.05, 0) is 36.5 Å². The van der Waals surface area contributed by atoms with Crippen molar-refractivity contribution in [1.82, 2.24) is 4.90 Å². The molecule has 0 radical (unpaired) electrons. The van der Waals surface area contributed by atoms with Gasteiger partial charge >= 0.3 is 0 Å². The van der Waals surface area contributed by atoms with E-state index in [1.807, 2.05) is 11.3 Å². The molecule has 1 aromatic carbocycles. The molecule has 2 nitrogen and oxygen atoms in total. The highest BCUT2D eigenvalue weighted by molar-refractivity contribution is 7.09. The predicted octanol–water partition coefficient (Wildman–Crippen LogP) is 3.78. The van der Waals surface area contributed by atoms with Crippen LogP contribution in [0.4, 0.5) is 5.69 Å². The molecule has 1 aliphatic rings. The molecule has 0 aliphatic carbocycles. The van der Waals surface area contributed by atoms with E-state index in [-0.39, 0.29) is 0 Å². The van der Waals surface area contributed by atoms with Gasteiger partial charge in [0.15, 0.2) is 0 Å². The minimum Gasteiger partial charge on any atom is -0.385 e. The molecular formula is C16H20N2S. The van der Waals surface area contributed by atoms with Gasteiger partial charge in [0.1, 0.15) is 0 Å². The summed E-state index contributed by atoms with van der Waals surface area (Å²) in [5.41, 5.74) is 2.80. The van der Waals surface area contributed by atoms with E-state index in [0.717, 1.165) is 19.6 Å². The fraction of sp³-hybridized carbons (Fsp3) is 0.375. The van der Waals surface area contributed by atoms with E-state index in [1.54, 1.807) is 0 Å². The lowest BCUT2D eigenvalue weighted by molar-refractivity contribution is 0.300. The van der Waals surface area contributed by atoms with Gasteiger partial charge in [-0.1, -0.05) is 24.3 Å². The molecule has 0 amide bonds. The molecule has 0 saturated carbocycles. The number of nitrogens with zero attached hydrogens (tertiary/aromatic N) is 1. The summed E-state index contributed by atoms with van der Waals surface area (Å²) in [5.74, 6) is 0.655.